The van der Waals surface area contributed by atoms with E-state index in [1.54, 1.807) is 24.3 Å². The van der Waals surface area contributed by atoms with E-state index >= 15 is 0 Å². The van der Waals surface area contributed by atoms with E-state index < -0.39 is 5.60 Å². The van der Waals surface area contributed by atoms with Gasteiger partial charge < -0.3 is 19.6 Å². The molecule has 1 aromatic rings. The molecule has 0 aromatic heterocycles. The smallest absolute Gasteiger partial charge is 0.410 e. The second-order valence-electron chi connectivity index (χ2n) is 12.9. The number of aromatic hydroxyl groups is 1. The van der Waals surface area contributed by atoms with Gasteiger partial charge in [-0.15, -0.1) is 0 Å². The lowest BCUT2D eigenvalue weighted by Gasteiger charge is -2.51. The number of ether oxygens (including phenoxy) is 1. The lowest BCUT2D eigenvalue weighted by Crippen LogP contribution is -2.63. The predicted molar refractivity (Wildman–Crippen MR) is 150 cm³/mol. The number of carbonyl (C=O) groups excluding carboxylic acids is 3. The molecule has 9 nitrogen and oxygen atoms in total. The summed E-state index contributed by atoms with van der Waals surface area (Å²) >= 11 is 0. The highest BCUT2D eigenvalue weighted by molar-refractivity contribution is 5.84. The highest BCUT2D eigenvalue weighted by atomic mass is 16.6. The minimum Gasteiger partial charge on any atom is -0.508 e. The Kier molecular flexibility index (Phi) is 8.91. The van der Waals surface area contributed by atoms with Crippen molar-refractivity contribution in [2.24, 2.45) is 5.92 Å². The SMILES string of the molecule is C[C@H]1CN(C2(C)CCN(C(=O)OC(C)(C)C)CC2)CCN1C(=O)CN1CC[C@@H](C(=O)Cc2ccc(O)cc2)C1. The van der Waals surface area contributed by atoms with E-state index in [9.17, 15) is 19.5 Å². The Labute approximate surface area is 233 Å². The topological polar surface area (TPSA) is 93.6 Å². The number of rotatable bonds is 6. The molecule has 3 fully saturated rings. The molecule has 0 spiro atoms. The van der Waals surface area contributed by atoms with Crippen molar-refractivity contribution in [1.82, 2.24) is 19.6 Å². The molecule has 0 unspecified atom stereocenters. The van der Waals surface area contributed by atoms with Crippen LogP contribution >= 0.6 is 0 Å². The van der Waals surface area contributed by atoms with Crippen LogP contribution in [-0.4, -0.2) is 112 Å². The molecule has 0 radical (unpaired) electrons. The van der Waals surface area contributed by atoms with Crippen LogP contribution < -0.4 is 0 Å². The third-order valence-electron chi connectivity index (χ3n) is 8.60. The lowest BCUT2D eigenvalue weighted by molar-refractivity contribution is -0.139. The Morgan fingerprint density at radius 3 is 2.28 bits per heavy atom. The molecule has 216 valence electrons. The number of likely N-dealkylation sites (tertiary alicyclic amines) is 2. The van der Waals surface area contributed by atoms with Crippen molar-refractivity contribution in [1.29, 1.82) is 0 Å². The zero-order valence-electron chi connectivity index (χ0n) is 24.3. The van der Waals surface area contributed by atoms with Gasteiger partial charge in [0.1, 0.15) is 17.1 Å². The number of hydrogen-bond acceptors (Lipinski definition) is 7. The van der Waals surface area contributed by atoms with E-state index in [2.05, 4.69) is 23.6 Å². The van der Waals surface area contributed by atoms with E-state index in [0.717, 1.165) is 44.5 Å². The third kappa shape index (κ3) is 7.51. The minimum atomic E-state index is -0.491. The van der Waals surface area contributed by atoms with Crippen molar-refractivity contribution in [3.8, 4) is 5.75 Å². The first-order valence-electron chi connectivity index (χ1n) is 14.4. The van der Waals surface area contributed by atoms with Crippen molar-refractivity contribution in [3.05, 3.63) is 29.8 Å². The Bertz CT molecular complexity index is 1030. The first-order chi connectivity index (χ1) is 18.3. The van der Waals surface area contributed by atoms with Gasteiger partial charge in [-0.2, -0.15) is 0 Å². The van der Waals surface area contributed by atoms with Gasteiger partial charge in [0, 0.05) is 63.2 Å². The van der Waals surface area contributed by atoms with E-state index in [4.69, 9.17) is 4.74 Å². The van der Waals surface area contributed by atoms with Crippen molar-refractivity contribution < 1.29 is 24.2 Å². The van der Waals surface area contributed by atoms with Gasteiger partial charge in [-0.1, -0.05) is 12.1 Å². The monoisotopic (exact) mass is 542 g/mol. The molecular weight excluding hydrogens is 496 g/mol. The maximum absolute atomic E-state index is 13.3. The average molecular weight is 543 g/mol. The number of benzene rings is 1. The van der Waals surface area contributed by atoms with Gasteiger partial charge >= 0.3 is 6.09 Å². The molecule has 3 aliphatic rings. The zero-order valence-corrected chi connectivity index (χ0v) is 24.3. The third-order valence-corrected chi connectivity index (χ3v) is 8.60. The fourth-order valence-corrected chi connectivity index (χ4v) is 6.11. The summed E-state index contributed by atoms with van der Waals surface area (Å²) in [6.45, 7) is 15.5. The molecule has 0 aliphatic carbocycles. The summed E-state index contributed by atoms with van der Waals surface area (Å²) < 4.78 is 5.55. The summed E-state index contributed by atoms with van der Waals surface area (Å²) in [5.41, 5.74) is 0.417. The Balaban J connectivity index is 1.22. The maximum atomic E-state index is 13.3. The molecule has 3 saturated heterocycles. The summed E-state index contributed by atoms with van der Waals surface area (Å²) in [6, 6.07) is 6.90. The van der Waals surface area contributed by atoms with Crippen LogP contribution in [0, 0.1) is 5.92 Å². The number of piperidine rings is 1. The van der Waals surface area contributed by atoms with Crippen LogP contribution in [0.4, 0.5) is 4.79 Å². The molecule has 39 heavy (non-hydrogen) atoms. The number of hydrogen-bond donors (Lipinski definition) is 1. The lowest BCUT2D eigenvalue weighted by atomic mass is 9.86. The van der Waals surface area contributed by atoms with E-state index in [-0.39, 0.29) is 41.0 Å². The number of carbonyl (C=O) groups is 3. The second-order valence-corrected chi connectivity index (χ2v) is 12.9. The van der Waals surface area contributed by atoms with Gasteiger partial charge in [-0.05, 0) is 78.1 Å². The van der Waals surface area contributed by atoms with Crippen LogP contribution in [-0.2, 0) is 20.7 Å². The zero-order chi connectivity index (χ0) is 28.4. The molecular formula is C30H46N4O5. The van der Waals surface area contributed by atoms with Crippen molar-refractivity contribution >= 4 is 17.8 Å². The van der Waals surface area contributed by atoms with Gasteiger partial charge in [-0.25, -0.2) is 4.79 Å². The van der Waals surface area contributed by atoms with Gasteiger partial charge in [-0.3, -0.25) is 19.4 Å². The summed E-state index contributed by atoms with van der Waals surface area (Å²) in [7, 11) is 0. The fourth-order valence-electron chi connectivity index (χ4n) is 6.11. The summed E-state index contributed by atoms with van der Waals surface area (Å²) in [5.74, 6) is 0.485. The summed E-state index contributed by atoms with van der Waals surface area (Å²) in [6.07, 6.45) is 2.69. The summed E-state index contributed by atoms with van der Waals surface area (Å²) in [5, 5.41) is 9.45. The molecule has 0 saturated carbocycles. The fraction of sp³-hybridized carbons (Fsp3) is 0.700. The van der Waals surface area contributed by atoms with E-state index in [1.165, 1.54) is 0 Å². The number of amides is 2. The normalized spacial score (nSPS) is 24.5. The second kappa shape index (κ2) is 11.8. The molecule has 4 rings (SSSR count). The van der Waals surface area contributed by atoms with Crippen LogP contribution in [0.2, 0.25) is 0 Å². The Morgan fingerprint density at radius 2 is 1.67 bits per heavy atom. The van der Waals surface area contributed by atoms with Crippen LogP contribution in [0.5, 0.6) is 5.75 Å². The number of nitrogens with zero attached hydrogens (tertiary/aromatic N) is 4. The highest BCUT2D eigenvalue weighted by Gasteiger charge is 2.41. The van der Waals surface area contributed by atoms with E-state index in [1.807, 2.05) is 30.6 Å². The quantitative estimate of drug-likeness (QED) is 0.590. The highest BCUT2D eigenvalue weighted by Crippen LogP contribution is 2.31. The predicted octanol–water partition coefficient (Wildman–Crippen LogP) is 3.15. The summed E-state index contributed by atoms with van der Waals surface area (Å²) in [4.78, 5) is 47.0. The molecule has 2 atom stereocenters. The number of ketones is 1. The number of phenols is 1. The molecule has 2 amide bonds. The van der Waals surface area contributed by atoms with Gasteiger partial charge in [0.15, 0.2) is 0 Å². The van der Waals surface area contributed by atoms with Gasteiger partial charge in [0.05, 0.1) is 6.54 Å². The van der Waals surface area contributed by atoms with Crippen molar-refractivity contribution in [2.75, 3.05) is 52.4 Å². The van der Waals surface area contributed by atoms with Crippen LogP contribution in [0.15, 0.2) is 24.3 Å². The number of Topliss-reactive ketones (excluding diaryl/α,β-unsaturated/α-hetero) is 1. The molecule has 0 bridgehead atoms. The Hall–Kier alpha value is -2.65. The van der Waals surface area contributed by atoms with Crippen molar-refractivity contribution in [3.63, 3.8) is 0 Å². The van der Waals surface area contributed by atoms with Crippen LogP contribution in [0.25, 0.3) is 0 Å². The van der Waals surface area contributed by atoms with Crippen LogP contribution in [0.3, 0.4) is 0 Å². The first kappa shape index (κ1) is 29.3. The standard InChI is InChI=1S/C30H46N4O5/c1-22-19-33(30(5)11-14-32(15-12-30)28(38)39-29(2,3)4)16-17-34(22)27(37)21-31-13-10-24(20-31)26(36)18-23-6-8-25(35)9-7-23/h6-9,22,24,35H,10-21H2,1-5H3/t22-,24+/m0/s1. The van der Waals surface area contributed by atoms with Gasteiger partial charge in [0.2, 0.25) is 5.91 Å². The van der Waals surface area contributed by atoms with Crippen LogP contribution in [0.1, 0.15) is 59.4 Å². The van der Waals surface area contributed by atoms with Gasteiger partial charge in [0.25, 0.3) is 0 Å². The minimum absolute atomic E-state index is 0.00193. The largest absolute Gasteiger partial charge is 0.508 e. The first-order valence-corrected chi connectivity index (χ1v) is 14.4. The number of phenolic OH excluding ortho intramolecular Hbond substituents is 1. The number of piperazine rings is 1. The molecule has 1 N–H and O–H groups in total. The average Bonchev–Trinajstić information content (AvgIpc) is 3.33. The maximum Gasteiger partial charge on any atom is 0.410 e. The van der Waals surface area contributed by atoms with Crippen molar-refractivity contribution in [2.45, 2.75) is 77.5 Å². The van der Waals surface area contributed by atoms with E-state index in [0.29, 0.717) is 39.1 Å². The molecule has 1 aromatic carbocycles. The molecule has 3 heterocycles. The molecule has 9 heteroatoms. The molecule has 3 aliphatic heterocycles. The Morgan fingerprint density at radius 1 is 1.00 bits per heavy atom.